The van der Waals surface area contributed by atoms with E-state index in [9.17, 15) is 17.6 Å². The third-order valence-corrected chi connectivity index (χ3v) is 4.06. The summed E-state index contributed by atoms with van der Waals surface area (Å²) in [6.07, 6.45) is -3.14. The summed E-state index contributed by atoms with van der Waals surface area (Å²) in [6, 6.07) is -0.273. The van der Waals surface area contributed by atoms with Crippen LogP contribution in [0.3, 0.4) is 0 Å². The van der Waals surface area contributed by atoms with Crippen LogP contribution in [0.15, 0.2) is 6.07 Å². The Morgan fingerprint density at radius 2 is 2.06 bits per heavy atom. The molecule has 1 unspecified atom stereocenters. The van der Waals surface area contributed by atoms with Gasteiger partial charge in [-0.25, -0.2) is 8.78 Å². The number of thiophene rings is 1. The van der Waals surface area contributed by atoms with Gasteiger partial charge in [0.1, 0.15) is 6.04 Å². The molecule has 1 aromatic rings. The summed E-state index contributed by atoms with van der Waals surface area (Å²) in [5.74, 6) is -4.12. The molecule has 18 heavy (non-hydrogen) atoms. The average molecular weight is 304 g/mol. The molecule has 0 saturated carbocycles. The monoisotopic (exact) mass is 303 g/mol. The van der Waals surface area contributed by atoms with E-state index in [0.717, 1.165) is 11.3 Å². The maximum Gasteiger partial charge on any atom is 0.327 e. The Labute approximate surface area is 112 Å². The molecule has 0 bridgehead atoms. The molecular formula is C11H14ClF4NS. The molecule has 0 fully saturated rings. The second-order valence-corrected chi connectivity index (χ2v) is 5.65. The second-order valence-electron chi connectivity index (χ2n) is 3.97. The fourth-order valence-corrected chi connectivity index (χ4v) is 2.81. The van der Waals surface area contributed by atoms with Gasteiger partial charge in [0.15, 0.2) is 0 Å². The van der Waals surface area contributed by atoms with Crippen LogP contribution in [0.1, 0.15) is 29.8 Å². The van der Waals surface area contributed by atoms with Gasteiger partial charge in [-0.05, 0) is 31.5 Å². The summed E-state index contributed by atoms with van der Waals surface area (Å²) in [6.45, 7) is 3.67. The maximum atomic E-state index is 13.5. The van der Waals surface area contributed by atoms with E-state index in [0.29, 0.717) is 16.3 Å². The predicted molar refractivity (Wildman–Crippen MR) is 66.1 cm³/mol. The Bertz CT molecular complexity index is 375. The van der Waals surface area contributed by atoms with E-state index in [1.807, 2.05) is 0 Å². The maximum absolute atomic E-state index is 13.5. The molecule has 0 aliphatic rings. The molecule has 1 atom stereocenters. The Balaban J connectivity index is 3.05. The van der Waals surface area contributed by atoms with Crippen LogP contribution in [-0.2, 0) is 0 Å². The molecule has 1 aromatic heterocycles. The zero-order chi connectivity index (χ0) is 13.9. The lowest BCUT2D eigenvalue weighted by molar-refractivity contribution is -0.150. The van der Waals surface area contributed by atoms with Gasteiger partial charge in [0.05, 0.1) is 4.34 Å². The Hall–Kier alpha value is -0.330. The number of halogens is 5. The van der Waals surface area contributed by atoms with Crippen molar-refractivity contribution in [1.82, 2.24) is 5.32 Å². The zero-order valence-corrected chi connectivity index (χ0v) is 11.5. The van der Waals surface area contributed by atoms with Gasteiger partial charge in [0.2, 0.25) is 0 Å². The molecule has 0 aromatic carbocycles. The highest BCUT2D eigenvalue weighted by atomic mass is 35.5. The van der Waals surface area contributed by atoms with Crippen molar-refractivity contribution in [3.05, 3.63) is 20.8 Å². The van der Waals surface area contributed by atoms with Crippen molar-refractivity contribution in [2.75, 3.05) is 6.54 Å². The number of aryl methyl sites for hydroxylation is 1. The van der Waals surface area contributed by atoms with Crippen LogP contribution >= 0.6 is 22.9 Å². The standard InChI is InChI=1S/C11H14ClF4NS/c1-3-4-17-8(11(15,16)10(13)14)7-5-6(2)9(12)18-7/h5,8,10,17H,3-4H2,1-2H3. The van der Waals surface area contributed by atoms with Crippen molar-refractivity contribution >= 4 is 22.9 Å². The second kappa shape index (κ2) is 6.21. The minimum atomic E-state index is -4.12. The molecule has 1 rings (SSSR count). The third kappa shape index (κ3) is 3.36. The van der Waals surface area contributed by atoms with Crippen LogP contribution in [0.5, 0.6) is 0 Å². The van der Waals surface area contributed by atoms with Gasteiger partial charge < -0.3 is 5.32 Å². The minimum Gasteiger partial charge on any atom is -0.304 e. The van der Waals surface area contributed by atoms with Crippen molar-refractivity contribution < 1.29 is 17.6 Å². The Kier molecular flexibility index (Phi) is 5.43. The molecular weight excluding hydrogens is 290 g/mol. The first-order valence-corrected chi connectivity index (χ1v) is 6.65. The number of rotatable bonds is 6. The largest absolute Gasteiger partial charge is 0.327 e. The molecule has 7 heteroatoms. The number of nitrogens with one attached hydrogen (secondary N) is 1. The van der Waals surface area contributed by atoms with E-state index >= 15 is 0 Å². The minimum absolute atomic E-state index is 0.135. The first-order chi connectivity index (χ1) is 8.30. The summed E-state index contributed by atoms with van der Waals surface area (Å²) in [5.41, 5.74) is 0.616. The van der Waals surface area contributed by atoms with Gasteiger partial charge in [0, 0.05) is 4.88 Å². The molecule has 1 heterocycles. The summed E-state index contributed by atoms with van der Waals surface area (Å²) < 4.78 is 52.3. The van der Waals surface area contributed by atoms with Crippen molar-refractivity contribution in [3.63, 3.8) is 0 Å². The van der Waals surface area contributed by atoms with Gasteiger partial charge in [0.25, 0.3) is 0 Å². The van der Waals surface area contributed by atoms with Crippen LogP contribution in [0.4, 0.5) is 17.6 Å². The molecule has 0 aliphatic heterocycles. The highest BCUT2D eigenvalue weighted by Crippen LogP contribution is 2.41. The SMILES string of the molecule is CCCNC(c1cc(C)c(Cl)s1)C(F)(F)C(F)F. The summed E-state index contributed by atoms with van der Waals surface area (Å²) >= 11 is 6.70. The van der Waals surface area contributed by atoms with E-state index in [1.54, 1.807) is 13.8 Å². The lowest BCUT2D eigenvalue weighted by Gasteiger charge is -2.26. The van der Waals surface area contributed by atoms with Crippen molar-refractivity contribution in [2.45, 2.75) is 38.7 Å². The van der Waals surface area contributed by atoms with Crippen LogP contribution in [-0.4, -0.2) is 18.9 Å². The molecule has 0 spiro atoms. The highest BCUT2D eigenvalue weighted by molar-refractivity contribution is 7.16. The van der Waals surface area contributed by atoms with E-state index in [4.69, 9.17) is 11.6 Å². The smallest absolute Gasteiger partial charge is 0.304 e. The van der Waals surface area contributed by atoms with Crippen molar-refractivity contribution in [1.29, 1.82) is 0 Å². The third-order valence-electron chi connectivity index (χ3n) is 2.44. The van der Waals surface area contributed by atoms with Crippen LogP contribution in [0.2, 0.25) is 4.34 Å². The fraction of sp³-hybridized carbons (Fsp3) is 0.636. The first-order valence-electron chi connectivity index (χ1n) is 5.45. The van der Waals surface area contributed by atoms with Gasteiger partial charge in [-0.3, -0.25) is 0 Å². The lowest BCUT2D eigenvalue weighted by atomic mass is 10.1. The highest BCUT2D eigenvalue weighted by Gasteiger charge is 2.49. The molecule has 0 radical (unpaired) electrons. The molecule has 1 nitrogen and oxygen atoms in total. The lowest BCUT2D eigenvalue weighted by Crippen LogP contribution is -2.42. The number of alkyl halides is 4. The molecule has 0 aliphatic carbocycles. The van der Waals surface area contributed by atoms with E-state index in [1.165, 1.54) is 6.07 Å². The average Bonchev–Trinajstić information content (AvgIpc) is 2.59. The van der Waals surface area contributed by atoms with Crippen molar-refractivity contribution in [3.8, 4) is 0 Å². The van der Waals surface area contributed by atoms with Gasteiger partial charge in [-0.2, -0.15) is 8.78 Å². The van der Waals surface area contributed by atoms with Crippen LogP contribution in [0.25, 0.3) is 0 Å². The normalized spacial score (nSPS) is 14.2. The molecule has 0 saturated heterocycles. The molecule has 0 amide bonds. The molecule has 104 valence electrons. The Morgan fingerprint density at radius 3 is 2.44 bits per heavy atom. The fourth-order valence-electron chi connectivity index (χ4n) is 1.47. The number of hydrogen-bond donors (Lipinski definition) is 1. The van der Waals surface area contributed by atoms with E-state index in [-0.39, 0.29) is 11.4 Å². The van der Waals surface area contributed by atoms with E-state index in [2.05, 4.69) is 5.32 Å². The Morgan fingerprint density at radius 1 is 1.44 bits per heavy atom. The van der Waals surface area contributed by atoms with Gasteiger partial charge >= 0.3 is 12.3 Å². The first kappa shape index (κ1) is 15.7. The summed E-state index contributed by atoms with van der Waals surface area (Å²) in [5, 5.41) is 2.47. The zero-order valence-electron chi connectivity index (χ0n) is 9.94. The van der Waals surface area contributed by atoms with Crippen LogP contribution < -0.4 is 5.32 Å². The summed E-state index contributed by atoms with van der Waals surface area (Å²) in [4.78, 5) is 0.135. The summed E-state index contributed by atoms with van der Waals surface area (Å²) in [7, 11) is 0. The van der Waals surface area contributed by atoms with Crippen LogP contribution in [0, 0.1) is 6.92 Å². The predicted octanol–water partition coefficient (Wildman–Crippen LogP) is 4.65. The van der Waals surface area contributed by atoms with E-state index < -0.39 is 18.4 Å². The topological polar surface area (TPSA) is 12.0 Å². The van der Waals surface area contributed by atoms with Gasteiger partial charge in [-0.15, -0.1) is 11.3 Å². The van der Waals surface area contributed by atoms with Crippen molar-refractivity contribution in [2.24, 2.45) is 0 Å². The number of hydrogen-bond acceptors (Lipinski definition) is 2. The van der Waals surface area contributed by atoms with Gasteiger partial charge in [-0.1, -0.05) is 18.5 Å². The quantitative estimate of drug-likeness (QED) is 0.754. The molecule has 1 N–H and O–H groups in total.